The van der Waals surface area contributed by atoms with Crippen LogP contribution in [0.25, 0.3) is 0 Å². The summed E-state index contributed by atoms with van der Waals surface area (Å²) in [4.78, 5) is 24.0. The molecule has 5 heteroatoms. The molecular weight excluding hydrogens is 220 g/mol. The number of hydrogen-bond donors (Lipinski definition) is 2. The number of nitrogens with zero attached hydrogens (tertiary/aromatic N) is 1. The van der Waals surface area contributed by atoms with Gasteiger partial charge in [-0.05, 0) is 39.7 Å². The molecule has 0 aromatic heterocycles. The molecule has 0 saturated carbocycles. The van der Waals surface area contributed by atoms with Crippen molar-refractivity contribution >= 4 is 11.9 Å². The molecule has 5 nitrogen and oxygen atoms in total. The molecule has 1 amide bonds. The molecule has 0 heterocycles. The molecule has 0 fully saturated rings. The Morgan fingerprint density at radius 3 is 2.29 bits per heavy atom. The predicted molar refractivity (Wildman–Crippen MR) is 66.6 cm³/mol. The summed E-state index contributed by atoms with van der Waals surface area (Å²) in [5.41, 5.74) is 5.37. The number of carboxylic acids is 1. The van der Waals surface area contributed by atoms with Gasteiger partial charge in [0.05, 0.1) is 0 Å². The zero-order chi connectivity index (χ0) is 13.3. The summed E-state index contributed by atoms with van der Waals surface area (Å²) in [6.07, 6.45) is 2.78. The lowest BCUT2D eigenvalue weighted by molar-refractivity contribution is -0.138. The minimum Gasteiger partial charge on any atom is -0.481 e. The molecule has 0 aliphatic rings. The number of carboxylic acid groups (broad SMARTS) is 1. The Morgan fingerprint density at radius 2 is 1.82 bits per heavy atom. The fourth-order valence-electron chi connectivity index (χ4n) is 1.64. The number of amides is 1. The molecule has 0 rings (SSSR count). The van der Waals surface area contributed by atoms with Crippen LogP contribution in [0.2, 0.25) is 0 Å². The summed E-state index contributed by atoms with van der Waals surface area (Å²) in [5.74, 6) is -0.719. The number of nitrogens with two attached hydrogens (primary N) is 1. The van der Waals surface area contributed by atoms with E-state index in [9.17, 15) is 9.59 Å². The predicted octanol–water partition coefficient (Wildman–Crippen LogP) is 1.22. The van der Waals surface area contributed by atoms with Gasteiger partial charge in [-0.15, -0.1) is 0 Å². The van der Waals surface area contributed by atoms with Gasteiger partial charge in [-0.3, -0.25) is 9.59 Å². The Hall–Kier alpha value is -1.10. The third-order valence-corrected chi connectivity index (χ3v) is 2.58. The van der Waals surface area contributed by atoms with Gasteiger partial charge in [0.15, 0.2) is 0 Å². The van der Waals surface area contributed by atoms with Gasteiger partial charge in [0.25, 0.3) is 0 Å². The molecular formula is C12H24N2O3. The van der Waals surface area contributed by atoms with Gasteiger partial charge in [0.1, 0.15) is 0 Å². The smallest absolute Gasteiger partial charge is 0.303 e. The summed E-state index contributed by atoms with van der Waals surface area (Å²) >= 11 is 0. The van der Waals surface area contributed by atoms with E-state index >= 15 is 0 Å². The van der Waals surface area contributed by atoms with Crippen molar-refractivity contribution < 1.29 is 14.7 Å². The molecule has 0 aliphatic carbocycles. The van der Waals surface area contributed by atoms with E-state index in [1.54, 1.807) is 4.90 Å². The molecule has 0 bridgehead atoms. The Balaban J connectivity index is 4.03. The summed E-state index contributed by atoms with van der Waals surface area (Å²) in [5, 5.41) is 8.56. The lowest BCUT2D eigenvalue weighted by atomic mass is 10.2. The summed E-state index contributed by atoms with van der Waals surface area (Å²) in [7, 11) is 0. The molecule has 0 spiro atoms. The van der Waals surface area contributed by atoms with Crippen LogP contribution in [0.15, 0.2) is 0 Å². The maximum absolute atomic E-state index is 11.9. The van der Waals surface area contributed by atoms with Crippen LogP contribution >= 0.6 is 0 Å². The monoisotopic (exact) mass is 244 g/mol. The van der Waals surface area contributed by atoms with Crippen LogP contribution < -0.4 is 5.73 Å². The molecule has 100 valence electrons. The van der Waals surface area contributed by atoms with Crippen LogP contribution in [-0.2, 0) is 9.59 Å². The number of carbonyl (C=O) groups excluding carboxylic acids is 1. The second kappa shape index (κ2) is 8.98. The van der Waals surface area contributed by atoms with E-state index in [-0.39, 0.29) is 18.4 Å². The maximum Gasteiger partial charge on any atom is 0.303 e. The fourth-order valence-corrected chi connectivity index (χ4v) is 1.64. The number of aliphatic carboxylic acids is 1. The van der Waals surface area contributed by atoms with Gasteiger partial charge >= 0.3 is 5.97 Å². The van der Waals surface area contributed by atoms with Crippen molar-refractivity contribution in [2.75, 3.05) is 13.1 Å². The zero-order valence-electron chi connectivity index (χ0n) is 10.8. The average molecular weight is 244 g/mol. The zero-order valence-corrected chi connectivity index (χ0v) is 10.8. The highest BCUT2D eigenvalue weighted by Gasteiger charge is 2.16. The van der Waals surface area contributed by atoms with Crippen molar-refractivity contribution in [3.8, 4) is 0 Å². The Bertz CT molecular complexity index is 242. The molecule has 17 heavy (non-hydrogen) atoms. The molecule has 0 saturated heterocycles. The Kier molecular flexibility index (Phi) is 8.40. The molecule has 0 atom stereocenters. The fraction of sp³-hybridized carbons (Fsp3) is 0.833. The first kappa shape index (κ1) is 15.9. The van der Waals surface area contributed by atoms with Gasteiger partial charge in [-0.2, -0.15) is 0 Å². The molecule has 0 unspecified atom stereocenters. The summed E-state index contributed by atoms with van der Waals surface area (Å²) in [6, 6.07) is 0.120. The number of carbonyl (C=O) groups is 2. The highest BCUT2D eigenvalue weighted by molar-refractivity contribution is 5.76. The van der Waals surface area contributed by atoms with Crippen molar-refractivity contribution in [3.05, 3.63) is 0 Å². The van der Waals surface area contributed by atoms with Gasteiger partial charge < -0.3 is 15.7 Å². The molecule has 0 aromatic carbocycles. The lowest BCUT2D eigenvalue weighted by Crippen LogP contribution is -2.37. The van der Waals surface area contributed by atoms with E-state index < -0.39 is 5.97 Å². The number of unbranched alkanes of at least 4 members (excludes halogenated alkanes) is 1. The summed E-state index contributed by atoms with van der Waals surface area (Å²) < 4.78 is 0. The van der Waals surface area contributed by atoms with E-state index in [0.29, 0.717) is 25.9 Å². The van der Waals surface area contributed by atoms with Crippen LogP contribution in [0.3, 0.4) is 0 Å². The highest BCUT2D eigenvalue weighted by atomic mass is 16.4. The molecule has 0 radical (unpaired) electrons. The molecule has 0 aromatic rings. The highest BCUT2D eigenvalue weighted by Crippen LogP contribution is 2.07. The van der Waals surface area contributed by atoms with Crippen LogP contribution in [0.4, 0.5) is 0 Å². The van der Waals surface area contributed by atoms with Crippen molar-refractivity contribution in [1.29, 1.82) is 0 Å². The van der Waals surface area contributed by atoms with E-state index in [0.717, 1.165) is 12.8 Å². The Morgan fingerprint density at radius 1 is 1.18 bits per heavy atom. The topological polar surface area (TPSA) is 83.6 Å². The first-order valence-corrected chi connectivity index (χ1v) is 6.20. The third-order valence-electron chi connectivity index (χ3n) is 2.58. The van der Waals surface area contributed by atoms with Gasteiger partial charge in [0, 0.05) is 25.4 Å². The molecule has 3 N–H and O–H groups in total. The van der Waals surface area contributed by atoms with E-state index in [4.69, 9.17) is 10.8 Å². The average Bonchev–Trinajstić information content (AvgIpc) is 2.23. The van der Waals surface area contributed by atoms with Gasteiger partial charge in [-0.25, -0.2) is 0 Å². The van der Waals surface area contributed by atoms with Crippen molar-refractivity contribution in [2.45, 2.75) is 52.0 Å². The van der Waals surface area contributed by atoms with Crippen molar-refractivity contribution in [3.63, 3.8) is 0 Å². The first-order chi connectivity index (χ1) is 7.99. The quantitative estimate of drug-likeness (QED) is 0.597. The van der Waals surface area contributed by atoms with Crippen LogP contribution in [0.5, 0.6) is 0 Å². The minimum atomic E-state index is -0.815. The van der Waals surface area contributed by atoms with Gasteiger partial charge in [-0.1, -0.05) is 0 Å². The Labute approximate surface area is 103 Å². The van der Waals surface area contributed by atoms with Crippen LogP contribution in [0, 0.1) is 0 Å². The molecule has 0 aliphatic heterocycles. The minimum absolute atomic E-state index is 0.0961. The number of hydrogen-bond acceptors (Lipinski definition) is 3. The lowest BCUT2D eigenvalue weighted by Gasteiger charge is -2.26. The SMILES string of the molecule is CC(C)N(CCCC(=O)O)C(=O)CCCCN. The largest absolute Gasteiger partial charge is 0.481 e. The second-order valence-corrected chi connectivity index (χ2v) is 4.42. The summed E-state index contributed by atoms with van der Waals surface area (Å²) in [6.45, 7) is 5.02. The van der Waals surface area contributed by atoms with Gasteiger partial charge in [0.2, 0.25) is 5.91 Å². The number of rotatable bonds is 9. The van der Waals surface area contributed by atoms with Crippen molar-refractivity contribution in [1.82, 2.24) is 4.90 Å². The maximum atomic E-state index is 11.9. The normalized spacial score (nSPS) is 10.6. The van der Waals surface area contributed by atoms with Crippen molar-refractivity contribution in [2.24, 2.45) is 5.73 Å². The van der Waals surface area contributed by atoms with E-state index in [1.165, 1.54) is 0 Å². The first-order valence-electron chi connectivity index (χ1n) is 6.20. The third kappa shape index (κ3) is 7.74. The standard InChI is InChI=1S/C12H24N2O3/c1-10(2)14(9-5-7-12(16)17)11(15)6-3-4-8-13/h10H,3-9,13H2,1-2H3,(H,16,17). The van der Waals surface area contributed by atoms with E-state index in [1.807, 2.05) is 13.8 Å². The van der Waals surface area contributed by atoms with Crippen LogP contribution in [-0.4, -0.2) is 41.0 Å². The van der Waals surface area contributed by atoms with Crippen LogP contribution in [0.1, 0.15) is 46.0 Å². The second-order valence-electron chi connectivity index (χ2n) is 4.42. The van der Waals surface area contributed by atoms with E-state index in [2.05, 4.69) is 0 Å².